The van der Waals surface area contributed by atoms with Crippen LogP contribution in [0.4, 0.5) is 5.69 Å². The summed E-state index contributed by atoms with van der Waals surface area (Å²) >= 11 is 0.776. The summed E-state index contributed by atoms with van der Waals surface area (Å²) in [7, 11) is 0. The van der Waals surface area contributed by atoms with E-state index in [1.807, 2.05) is 30.3 Å². The van der Waals surface area contributed by atoms with Crippen LogP contribution in [-0.2, 0) is 17.9 Å². The first kappa shape index (κ1) is 20.1. The van der Waals surface area contributed by atoms with E-state index in [9.17, 15) is 14.4 Å². The first-order valence-corrected chi connectivity index (χ1v) is 9.40. The average molecular weight is 413 g/mol. The predicted octanol–water partition coefficient (Wildman–Crippen LogP) is 1.38. The molecule has 0 aliphatic heterocycles. The van der Waals surface area contributed by atoms with Crippen molar-refractivity contribution in [1.29, 1.82) is 0 Å². The van der Waals surface area contributed by atoms with Crippen LogP contribution in [0.25, 0.3) is 0 Å². The molecule has 0 aliphatic rings. The van der Waals surface area contributed by atoms with Gasteiger partial charge in [0.15, 0.2) is 5.69 Å². The summed E-state index contributed by atoms with van der Waals surface area (Å²) in [6.07, 6.45) is 1.51. The number of anilines is 1. The third-order valence-corrected chi connectivity index (χ3v) is 4.88. The number of rotatable bonds is 8. The summed E-state index contributed by atoms with van der Waals surface area (Å²) in [6.45, 7) is 0.169. The number of hydrogen-bond donors (Lipinski definition) is 3. The van der Waals surface area contributed by atoms with Crippen LogP contribution < -0.4 is 16.8 Å². The molecule has 29 heavy (non-hydrogen) atoms. The highest BCUT2D eigenvalue weighted by Crippen LogP contribution is 2.24. The molecule has 5 N–H and O–H groups in total. The number of carbonyl (C=O) groups is 3. The van der Waals surface area contributed by atoms with E-state index in [4.69, 9.17) is 15.9 Å². The Labute approximate surface area is 170 Å². The Morgan fingerprint density at radius 3 is 2.52 bits per heavy atom. The number of nitrogens with one attached hydrogen (secondary N) is 1. The van der Waals surface area contributed by atoms with Crippen LogP contribution in [0.1, 0.15) is 31.5 Å². The smallest absolute Gasteiger partial charge is 0.270 e. The fourth-order valence-electron chi connectivity index (χ4n) is 2.60. The molecule has 0 spiro atoms. The van der Waals surface area contributed by atoms with Crippen LogP contribution in [0.2, 0.25) is 0 Å². The minimum Gasteiger partial charge on any atom is -0.467 e. The molecular weight excluding hydrogens is 394 g/mol. The average Bonchev–Trinajstić information content (AvgIpc) is 3.35. The van der Waals surface area contributed by atoms with Crippen LogP contribution in [0, 0.1) is 0 Å². The van der Waals surface area contributed by atoms with Crippen molar-refractivity contribution in [1.82, 2.24) is 14.6 Å². The van der Waals surface area contributed by atoms with Gasteiger partial charge in [-0.2, -0.15) is 4.37 Å². The van der Waals surface area contributed by atoms with Crippen molar-refractivity contribution in [2.45, 2.75) is 13.1 Å². The van der Waals surface area contributed by atoms with Gasteiger partial charge in [-0.1, -0.05) is 30.3 Å². The lowest BCUT2D eigenvalue weighted by atomic mass is 10.2. The Morgan fingerprint density at radius 1 is 1.14 bits per heavy atom. The molecule has 3 amide bonds. The van der Waals surface area contributed by atoms with Gasteiger partial charge >= 0.3 is 0 Å². The molecule has 3 aromatic rings. The van der Waals surface area contributed by atoms with Gasteiger partial charge in [-0.25, -0.2) is 0 Å². The van der Waals surface area contributed by atoms with Crippen molar-refractivity contribution in [3.63, 3.8) is 0 Å². The van der Waals surface area contributed by atoms with E-state index in [0.29, 0.717) is 5.76 Å². The molecule has 0 saturated carbocycles. The van der Waals surface area contributed by atoms with Crippen LogP contribution in [0.3, 0.4) is 0 Å². The number of nitrogens with two attached hydrogens (primary N) is 2. The summed E-state index contributed by atoms with van der Waals surface area (Å²) in [5, 5.41) is 2.70. The number of primary amides is 1. The van der Waals surface area contributed by atoms with Gasteiger partial charge in [-0.05, 0) is 29.2 Å². The van der Waals surface area contributed by atoms with E-state index < -0.39 is 11.8 Å². The van der Waals surface area contributed by atoms with E-state index in [1.165, 1.54) is 11.2 Å². The third-order valence-electron chi connectivity index (χ3n) is 4.03. The maximum Gasteiger partial charge on any atom is 0.270 e. The maximum atomic E-state index is 13.0. The van der Waals surface area contributed by atoms with Crippen LogP contribution in [0.15, 0.2) is 53.1 Å². The fraction of sp³-hybridized carbons (Fsp3) is 0.158. The molecule has 1 aromatic carbocycles. The predicted molar refractivity (Wildman–Crippen MR) is 107 cm³/mol. The zero-order valence-electron chi connectivity index (χ0n) is 15.3. The number of aromatic nitrogens is 1. The number of nitrogens with zero attached hydrogens (tertiary/aromatic N) is 2. The van der Waals surface area contributed by atoms with Crippen molar-refractivity contribution >= 4 is 34.9 Å². The lowest BCUT2D eigenvalue weighted by Crippen LogP contribution is -2.40. The van der Waals surface area contributed by atoms with E-state index in [0.717, 1.165) is 17.1 Å². The summed E-state index contributed by atoms with van der Waals surface area (Å²) in [5.41, 5.74) is 11.7. The topological polar surface area (TPSA) is 145 Å². The Hall–Kier alpha value is -3.66. The molecule has 9 nitrogen and oxygen atoms in total. The monoisotopic (exact) mass is 413 g/mol. The molecule has 0 bridgehead atoms. The van der Waals surface area contributed by atoms with Crippen LogP contribution in [0.5, 0.6) is 0 Å². The second-order valence-corrected chi connectivity index (χ2v) is 6.91. The lowest BCUT2D eigenvalue weighted by Gasteiger charge is -2.22. The van der Waals surface area contributed by atoms with Gasteiger partial charge in [0.05, 0.1) is 18.5 Å². The minimum absolute atomic E-state index is 0.0635. The second kappa shape index (κ2) is 9.02. The number of nitrogen functional groups attached to an aromatic ring is 1. The zero-order chi connectivity index (χ0) is 20.8. The Bertz CT molecular complexity index is 1000. The molecule has 150 valence electrons. The SMILES string of the molecule is NC(=O)c1nsc(C(=O)N(CC(=O)NCc2ccco2)Cc2ccccc2)c1N. The molecule has 2 heterocycles. The molecule has 0 unspecified atom stereocenters. The highest BCUT2D eigenvalue weighted by molar-refractivity contribution is 7.09. The zero-order valence-corrected chi connectivity index (χ0v) is 16.1. The van der Waals surface area contributed by atoms with Crippen molar-refractivity contribution < 1.29 is 18.8 Å². The molecule has 0 saturated heterocycles. The van der Waals surface area contributed by atoms with E-state index >= 15 is 0 Å². The quantitative estimate of drug-likeness (QED) is 0.509. The first-order chi connectivity index (χ1) is 14.0. The Morgan fingerprint density at radius 2 is 1.90 bits per heavy atom. The summed E-state index contributed by atoms with van der Waals surface area (Å²) in [4.78, 5) is 38.2. The van der Waals surface area contributed by atoms with Gasteiger partial charge in [0.25, 0.3) is 11.8 Å². The van der Waals surface area contributed by atoms with Gasteiger partial charge in [0.1, 0.15) is 17.2 Å². The maximum absolute atomic E-state index is 13.0. The standard InChI is InChI=1S/C19H19N5O4S/c20-15-16(18(21)26)23-29-17(15)19(27)24(10-12-5-2-1-3-6-12)11-14(25)22-9-13-7-4-8-28-13/h1-8H,9-11,20H2,(H2,21,26)(H,22,25). The van der Waals surface area contributed by atoms with Gasteiger partial charge in [-0.3, -0.25) is 14.4 Å². The number of furan rings is 1. The highest BCUT2D eigenvalue weighted by atomic mass is 32.1. The first-order valence-electron chi connectivity index (χ1n) is 8.63. The molecule has 0 fully saturated rings. The molecule has 0 atom stereocenters. The van der Waals surface area contributed by atoms with E-state index in [2.05, 4.69) is 9.69 Å². The van der Waals surface area contributed by atoms with Gasteiger partial charge in [-0.15, -0.1) is 0 Å². The molecule has 10 heteroatoms. The highest BCUT2D eigenvalue weighted by Gasteiger charge is 2.26. The Kier molecular flexibility index (Phi) is 6.25. The van der Waals surface area contributed by atoms with Crippen LogP contribution >= 0.6 is 11.5 Å². The van der Waals surface area contributed by atoms with Crippen molar-refractivity contribution in [3.8, 4) is 0 Å². The van der Waals surface area contributed by atoms with Gasteiger partial charge in [0.2, 0.25) is 5.91 Å². The number of amides is 3. The lowest BCUT2D eigenvalue weighted by molar-refractivity contribution is -0.122. The normalized spacial score (nSPS) is 10.5. The molecule has 3 rings (SSSR count). The number of hydrogen-bond acceptors (Lipinski definition) is 7. The van der Waals surface area contributed by atoms with E-state index in [-0.39, 0.29) is 41.8 Å². The molecule has 2 aromatic heterocycles. The molecular formula is C19H19N5O4S. The van der Waals surface area contributed by atoms with Crippen LogP contribution in [-0.4, -0.2) is 33.5 Å². The number of carbonyl (C=O) groups excluding carboxylic acids is 3. The van der Waals surface area contributed by atoms with Crippen molar-refractivity contribution in [2.24, 2.45) is 5.73 Å². The molecule has 0 radical (unpaired) electrons. The van der Waals surface area contributed by atoms with E-state index in [1.54, 1.807) is 12.1 Å². The Balaban J connectivity index is 1.77. The second-order valence-electron chi connectivity index (χ2n) is 6.14. The third kappa shape index (κ3) is 4.99. The van der Waals surface area contributed by atoms with Gasteiger partial charge in [0, 0.05) is 6.54 Å². The van der Waals surface area contributed by atoms with Gasteiger partial charge < -0.3 is 26.1 Å². The summed E-state index contributed by atoms with van der Waals surface area (Å²) in [5.74, 6) is -1.10. The minimum atomic E-state index is -0.816. The molecule has 0 aliphatic carbocycles. The van der Waals surface area contributed by atoms with Crippen molar-refractivity contribution in [2.75, 3.05) is 12.3 Å². The van der Waals surface area contributed by atoms with Crippen molar-refractivity contribution in [3.05, 3.63) is 70.6 Å². The largest absolute Gasteiger partial charge is 0.467 e. The fourth-order valence-corrected chi connectivity index (χ4v) is 3.38. The summed E-state index contributed by atoms with van der Waals surface area (Å²) < 4.78 is 9.04. The number of benzene rings is 1. The summed E-state index contributed by atoms with van der Waals surface area (Å²) in [6, 6.07) is 12.7.